The molecule has 0 spiro atoms. The van der Waals surface area contributed by atoms with E-state index in [0.717, 1.165) is 44.3 Å². The zero-order valence-electron chi connectivity index (χ0n) is 12.9. The number of likely N-dealkylation sites (tertiary alicyclic amines) is 1. The largest absolute Gasteiger partial charge is 0.348 e. The van der Waals surface area contributed by atoms with Crippen LogP contribution >= 0.6 is 0 Å². The smallest absolute Gasteiger partial charge is 0.168 e. The second kappa shape index (κ2) is 6.73. The van der Waals surface area contributed by atoms with Crippen molar-refractivity contribution in [1.82, 2.24) is 10.2 Å². The predicted octanol–water partition coefficient (Wildman–Crippen LogP) is 1.85. The molecule has 3 aliphatic heterocycles. The molecule has 0 saturated carbocycles. The Balaban J connectivity index is 1.42. The standard InChI is InChI=1S/C16H30N2O2/c1-2-4-16(19-7-8-20-16)5-3-6-18-12-14-9-15(13-18)11-17-10-14/h14-15,17H,2-13H2,1H3. The van der Waals surface area contributed by atoms with Crippen LogP contribution in [0.3, 0.4) is 0 Å². The number of nitrogens with zero attached hydrogens (tertiary/aromatic N) is 1. The lowest BCUT2D eigenvalue weighted by Crippen LogP contribution is -2.51. The molecular formula is C16H30N2O2. The van der Waals surface area contributed by atoms with Gasteiger partial charge in [-0.1, -0.05) is 13.3 Å². The van der Waals surface area contributed by atoms with Crippen molar-refractivity contribution in [3.63, 3.8) is 0 Å². The van der Waals surface area contributed by atoms with E-state index >= 15 is 0 Å². The normalized spacial score (nSPS) is 33.5. The van der Waals surface area contributed by atoms with Gasteiger partial charge in [-0.15, -0.1) is 0 Å². The Morgan fingerprint density at radius 2 is 1.80 bits per heavy atom. The molecule has 4 heteroatoms. The highest BCUT2D eigenvalue weighted by Crippen LogP contribution is 2.31. The summed E-state index contributed by atoms with van der Waals surface area (Å²) in [6, 6.07) is 0. The van der Waals surface area contributed by atoms with E-state index in [1.807, 2.05) is 0 Å². The van der Waals surface area contributed by atoms with E-state index in [0.29, 0.717) is 0 Å². The summed E-state index contributed by atoms with van der Waals surface area (Å²) in [7, 11) is 0. The fourth-order valence-corrected chi connectivity index (χ4v) is 4.26. The number of hydrogen-bond donors (Lipinski definition) is 1. The van der Waals surface area contributed by atoms with Crippen LogP contribution in [0.25, 0.3) is 0 Å². The van der Waals surface area contributed by atoms with Crippen LogP contribution in [0.1, 0.15) is 39.0 Å². The molecule has 0 aliphatic carbocycles. The van der Waals surface area contributed by atoms with Crippen molar-refractivity contribution >= 4 is 0 Å². The molecule has 1 N–H and O–H groups in total. The number of fused-ring (bicyclic) bond motifs is 2. The summed E-state index contributed by atoms with van der Waals surface area (Å²) in [5.74, 6) is 1.51. The zero-order chi connectivity index (χ0) is 13.8. The molecule has 3 heterocycles. The topological polar surface area (TPSA) is 33.7 Å². The second-order valence-electron chi connectivity index (χ2n) is 6.85. The first-order valence-electron chi connectivity index (χ1n) is 8.51. The molecule has 3 aliphatic rings. The van der Waals surface area contributed by atoms with Gasteiger partial charge in [0.1, 0.15) is 0 Å². The summed E-state index contributed by atoms with van der Waals surface area (Å²) >= 11 is 0. The Morgan fingerprint density at radius 3 is 2.45 bits per heavy atom. The van der Waals surface area contributed by atoms with Gasteiger partial charge in [-0.05, 0) is 44.3 Å². The van der Waals surface area contributed by atoms with E-state index in [9.17, 15) is 0 Å². The van der Waals surface area contributed by atoms with Crippen molar-refractivity contribution in [2.24, 2.45) is 11.8 Å². The summed E-state index contributed by atoms with van der Waals surface area (Å²) < 4.78 is 11.8. The van der Waals surface area contributed by atoms with Gasteiger partial charge in [-0.3, -0.25) is 0 Å². The highest BCUT2D eigenvalue weighted by molar-refractivity contribution is 4.86. The summed E-state index contributed by atoms with van der Waals surface area (Å²) in [4.78, 5) is 2.67. The van der Waals surface area contributed by atoms with Gasteiger partial charge in [-0.25, -0.2) is 0 Å². The quantitative estimate of drug-likeness (QED) is 0.806. The van der Waals surface area contributed by atoms with Gasteiger partial charge in [0.25, 0.3) is 0 Å². The fourth-order valence-electron chi connectivity index (χ4n) is 4.26. The lowest BCUT2D eigenvalue weighted by Gasteiger charge is -2.42. The third-order valence-electron chi connectivity index (χ3n) is 5.04. The maximum Gasteiger partial charge on any atom is 0.168 e. The molecule has 0 aromatic heterocycles. The highest BCUT2D eigenvalue weighted by atomic mass is 16.7. The van der Waals surface area contributed by atoms with E-state index in [1.165, 1.54) is 45.6 Å². The van der Waals surface area contributed by atoms with Gasteiger partial charge in [0.2, 0.25) is 0 Å². The number of rotatable bonds is 6. The molecule has 3 fully saturated rings. The Morgan fingerprint density at radius 1 is 1.10 bits per heavy atom. The summed E-state index contributed by atoms with van der Waals surface area (Å²) in [5, 5.41) is 3.56. The van der Waals surface area contributed by atoms with Crippen LogP contribution < -0.4 is 5.32 Å². The molecule has 0 aromatic rings. The van der Waals surface area contributed by atoms with Crippen molar-refractivity contribution < 1.29 is 9.47 Å². The zero-order valence-corrected chi connectivity index (χ0v) is 12.9. The maximum absolute atomic E-state index is 5.89. The minimum Gasteiger partial charge on any atom is -0.348 e. The average Bonchev–Trinajstić information content (AvgIpc) is 2.88. The lowest BCUT2D eigenvalue weighted by atomic mass is 9.86. The molecule has 0 radical (unpaired) electrons. The SMILES string of the molecule is CCCC1(CCCN2CC3CNCC(C3)C2)OCCO1. The molecule has 20 heavy (non-hydrogen) atoms. The van der Waals surface area contributed by atoms with Gasteiger partial charge in [-0.2, -0.15) is 0 Å². The summed E-state index contributed by atoms with van der Waals surface area (Å²) in [6.45, 7) is 9.99. The van der Waals surface area contributed by atoms with Crippen LogP contribution in [0, 0.1) is 11.8 Å². The molecular weight excluding hydrogens is 252 g/mol. The average molecular weight is 282 g/mol. The monoisotopic (exact) mass is 282 g/mol. The molecule has 2 bridgehead atoms. The third-order valence-corrected chi connectivity index (χ3v) is 5.04. The van der Waals surface area contributed by atoms with Crippen molar-refractivity contribution in [2.75, 3.05) is 45.9 Å². The van der Waals surface area contributed by atoms with Gasteiger partial charge >= 0.3 is 0 Å². The van der Waals surface area contributed by atoms with E-state index in [1.54, 1.807) is 0 Å². The minimum atomic E-state index is -0.248. The summed E-state index contributed by atoms with van der Waals surface area (Å²) in [5.41, 5.74) is 0. The van der Waals surface area contributed by atoms with Crippen molar-refractivity contribution in [1.29, 1.82) is 0 Å². The van der Waals surface area contributed by atoms with Gasteiger partial charge in [0.05, 0.1) is 13.2 Å². The van der Waals surface area contributed by atoms with Crippen molar-refractivity contribution in [3.8, 4) is 0 Å². The molecule has 0 aromatic carbocycles. The molecule has 3 saturated heterocycles. The van der Waals surface area contributed by atoms with E-state index < -0.39 is 0 Å². The third kappa shape index (κ3) is 3.53. The van der Waals surface area contributed by atoms with Crippen LogP contribution in [0.2, 0.25) is 0 Å². The van der Waals surface area contributed by atoms with Crippen molar-refractivity contribution in [2.45, 2.75) is 44.8 Å². The Hall–Kier alpha value is -0.160. The second-order valence-corrected chi connectivity index (χ2v) is 6.85. The number of nitrogens with one attached hydrogen (secondary N) is 1. The minimum absolute atomic E-state index is 0.248. The molecule has 0 amide bonds. The highest BCUT2D eigenvalue weighted by Gasteiger charge is 2.35. The van der Waals surface area contributed by atoms with Crippen LogP contribution in [0.15, 0.2) is 0 Å². The van der Waals surface area contributed by atoms with E-state index in [4.69, 9.17) is 9.47 Å². The number of piperidine rings is 2. The molecule has 116 valence electrons. The summed E-state index contributed by atoms with van der Waals surface area (Å²) in [6.07, 6.45) is 5.88. The van der Waals surface area contributed by atoms with Crippen LogP contribution in [0.5, 0.6) is 0 Å². The van der Waals surface area contributed by atoms with Crippen molar-refractivity contribution in [3.05, 3.63) is 0 Å². The Labute approximate surface area is 123 Å². The lowest BCUT2D eigenvalue weighted by molar-refractivity contribution is -0.168. The fraction of sp³-hybridized carbons (Fsp3) is 1.00. The molecule has 2 unspecified atom stereocenters. The van der Waals surface area contributed by atoms with Gasteiger partial charge in [0, 0.05) is 25.9 Å². The van der Waals surface area contributed by atoms with Crippen LogP contribution in [-0.2, 0) is 9.47 Å². The van der Waals surface area contributed by atoms with Crippen LogP contribution in [-0.4, -0.2) is 56.6 Å². The molecule has 3 rings (SSSR count). The Bertz CT molecular complexity index is 293. The first kappa shape index (κ1) is 14.8. The Kier molecular flexibility index (Phi) is 4.97. The van der Waals surface area contributed by atoms with E-state index in [-0.39, 0.29) is 5.79 Å². The number of ether oxygens (including phenoxy) is 2. The molecule has 2 atom stereocenters. The first-order chi connectivity index (χ1) is 9.80. The van der Waals surface area contributed by atoms with Gasteiger partial charge < -0.3 is 19.7 Å². The van der Waals surface area contributed by atoms with E-state index in [2.05, 4.69) is 17.1 Å². The molecule has 4 nitrogen and oxygen atoms in total. The predicted molar refractivity (Wildman–Crippen MR) is 79.7 cm³/mol. The van der Waals surface area contributed by atoms with Crippen LogP contribution in [0.4, 0.5) is 0 Å². The number of hydrogen-bond acceptors (Lipinski definition) is 4. The maximum atomic E-state index is 5.89. The van der Waals surface area contributed by atoms with Gasteiger partial charge in [0.15, 0.2) is 5.79 Å². The first-order valence-corrected chi connectivity index (χ1v) is 8.51.